The minimum atomic E-state index is -0.544. The van der Waals surface area contributed by atoms with Gasteiger partial charge in [0.25, 0.3) is 0 Å². The van der Waals surface area contributed by atoms with Gasteiger partial charge in [0, 0.05) is 29.7 Å². The van der Waals surface area contributed by atoms with Crippen LogP contribution in [0.5, 0.6) is 0 Å². The zero-order chi connectivity index (χ0) is 12.0. The molecule has 0 aromatic carbocycles. The Morgan fingerprint density at radius 2 is 2.06 bits per heavy atom. The van der Waals surface area contributed by atoms with Crippen LogP contribution in [0.1, 0.15) is 17.0 Å². The predicted molar refractivity (Wildman–Crippen MR) is 62.9 cm³/mol. The minimum Gasteiger partial charge on any atom is -0.244 e. The van der Waals surface area contributed by atoms with Crippen LogP contribution < -0.4 is 0 Å². The zero-order valence-corrected chi connectivity index (χ0v) is 9.46. The van der Waals surface area contributed by atoms with Crippen molar-refractivity contribution in [1.29, 1.82) is 0 Å². The SMILES string of the molecule is FC1=CC2c3ccnc(Cl)c3C=CC2C(F)=C1. The molecule has 1 nitrogen and oxygen atoms in total. The van der Waals surface area contributed by atoms with Gasteiger partial charge < -0.3 is 0 Å². The molecule has 17 heavy (non-hydrogen) atoms. The first-order valence-electron chi connectivity index (χ1n) is 5.24. The van der Waals surface area contributed by atoms with E-state index in [1.54, 1.807) is 24.4 Å². The van der Waals surface area contributed by atoms with Gasteiger partial charge in [-0.05, 0) is 17.7 Å². The smallest absolute Gasteiger partial charge is 0.136 e. The number of nitrogens with zero attached hydrogens (tertiary/aromatic N) is 1. The second kappa shape index (κ2) is 3.77. The molecule has 0 N–H and O–H groups in total. The molecule has 0 saturated heterocycles. The number of allylic oxidation sites excluding steroid dienone is 5. The number of aromatic nitrogens is 1. The summed E-state index contributed by atoms with van der Waals surface area (Å²) in [5.74, 6) is -1.76. The first-order valence-corrected chi connectivity index (χ1v) is 5.61. The lowest BCUT2D eigenvalue weighted by atomic mass is 9.77. The molecule has 0 saturated carbocycles. The van der Waals surface area contributed by atoms with Crippen LogP contribution in [0.3, 0.4) is 0 Å². The summed E-state index contributed by atoms with van der Waals surface area (Å²) in [5, 5.41) is 0.362. The summed E-state index contributed by atoms with van der Waals surface area (Å²) >= 11 is 5.96. The molecule has 4 heteroatoms. The lowest BCUT2D eigenvalue weighted by Gasteiger charge is -2.28. The van der Waals surface area contributed by atoms with Crippen molar-refractivity contribution < 1.29 is 8.78 Å². The normalized spacial score (nSPS) is 25.8. The summed E-state index contributed by atoms with van der Waals surface area (Å²) in [7, 11) is 0. The van der Waals surface area contributed by atoms with Crippen LogP contribution >= 0.6 is 11.6 Å². The fraction of sp³-hybridized carbons (Fsp3) is 0.154. The van der Waals surface area contributed by atoms with Gasteiger partial charge in [-0.3, -0.25) is 0 Å². The molecule has 2 atom stereocenters. The molecule has 0 bridgehead atoms. The van der Waals surface area contributed by atoms with E-state index in [2.05, 4.69) is 4.98 Å². The van der Waals surface area contributed by atoms with Crippen LogP contribution in [0.2, 0.25) is 5.15 Å². The number of fused-ring (bicyclic) bond motifs is 3. The van der Waals surface area contributed by atoms with Gasteiger partial charge in [0.1, 0.15) is 16.8 Å². The summed E-state index contributed by atoms with van der Waals surface area (Å²) in [6, 6.07) is 1.75. The van der Waals surface area contributed by atoms with Crippen molar-refractivity contribution in [3.05, 3.63) is 58.4 Å². The number of halogens is 3. The summed E-state index contributed by atoms with van der Waals surface area (Å²) in [4.78, 5) is 3.96. The average Bonchev–Trinajstić information content (AvgIpc) is 2.29. The summed E-state index contributed by atoms with van der Waals surface area (Å²) in [5.41, 5.74) is 1.56. The third-order valence-corrected chi connectivity index (χ3v) is 3.43. The molecular weight excluding hydrogens is 244 g/mol. The number of hydrogen-bond donors (Lipinski definition) is 0. The van der Waals surface area contributed by atoms with E-state index in [1.807, 2.05) is 0 Å². The van der Waals surface area contributed by atoms with E-state index in [1.165, 1.54) is 6.08 Å². The molecule has 0 amide bonds. The maximum atomic E-state index is 13.6. The lowest BCUT2D eigenvalue weighted by Crippen LogP contribution is -2.17. The van der Waals surface area contributed by atoms with Crippen LogP contribution in [-0.4, -0.2) is 4.98 Å². The first-order chi connectivity index (χ1) is 8.16. The van der Waals surface area contributed by atoms with E-state index in [4.69, 9.17) is 11.6 Å². The third-order valence-electron chi connectivity index (χ3n) is 3.12. The quantitative estimate of drug-likeness (QED) is 0.630. The van der Waals surface area contributed by atoms with Crippen LogP contribution in [0.25, 0.3) is 6.08 Å². The molecule has 1 aromatic heterocycles. The van der Waals surface area contributed by atoms with Gasteiger partial charge in [-0.25, -0.2) is 13.8 Å². The Morgan fingerprint density at radius 3 is 2.88 bits per heavy atom. The molecule has 0 radical (unpaired) electrons. The van der Waals surface area contributed by atoms with Crippen molar-refractivity contribution in [2.75, 3.05) is 0 Å². The summed E-state index contributed by atoms with van der Waals surface area (Å²) < 4.78 is 26.9. The highest BCUT2D eigenvalue weighted by Gasteiger charge is 2.32. The van der Waals surface area contributed by atoms with Gasteiger partial charge in [0.2, 0.25) is 0 Å². The van der Waals surface area contributed by atoms with E-state index in [9.17, 15) is 8.78 Å². The zero-order valence-electron chi connectivity index (χ0n) is 8.70. The summed E-state index contributed by atoms with van der Waals surface area (Å²) in [6.07, 6.45) is 7.36. The Kier molecular flexibility index (Phi) is 2.37. The maximum Gasteiger partial charge on any atom is 0.136 e. The van der Waals surface area contributed by atoms with E-state index in [0.29, 0.717) is 5.15 Å². The van der Waals surface area contributed by atoms with Crippen molar-refractivity contribution in [1.82, 2.24) is 4.98 Å². The second-order valence-electron chi connectivity index (χ2n) is 4.10. The average molecular weight is 252 g/mol. The fourth-order valence-electron chi connectivity index (χ4n) is 2.33. The second-order valence-corrected chi connectivity index (χ2v) is 4.45. The van der Waals surface area contributed by atoms with Gasteiger partial charge in [-0.15, -0.1) is 0 Å². The minimum absolute atomic E-state index is 0.333. The highest BCUT2D eigenvalue weighted by Crippen LogP contribution is 2.44. The van der Waals surface area contributed by atoms with E-state index >= 15 is 0 Å². The van der Waals surface area contributed by atoms with Crippen molar-refractivity contribution in [2.24, 2.45) is 5.92 Å². The van der Waals surface area contributed by atoms with Crippen LogP contribution in [0.4, 0.5) is 8.78 Å². The Morgan fingerprint density at radius 1 is 1.24 bits per heavy atom. The van der Waals surface area contributed by atoms with E-state index in [0.717, 1.165) is 17.2 Å². The molecule has 0 aliphatic heterocycles. The fourth-order valence-corrected chi connectivity index (χ4v) is 2.56. The van der Waals surface area contributed by atoms with E-state index in [-0.39, 0.29) is 5.92 Å². The maximum absolute atomic E-state index is 13.6. The standard InChI is InChI=1S/C13H8ClF2N/c14-13-10-2-1-9-11(8(10)3-4-17-13)5-7(15)6-12(9)16/h1-6,9,11H. The van der Waals surface area contributed by atoms with Gasteiger partial charge in [-0.1, -0.05) is 23.8 Å². The first kappa shape index (κ1) is 10.7. The molecule has 3 rings (SSSR count). The van der Waals surface area contributed by atoms with Crippen LogP contribution in [0, 0.1) is 5.92 Å². The highest BCUT2D eigenvalue weighted by molar-refractivity contribution is 6.31. The lowest BCUT2D eigenvalue weighted by molar-refractivity contribution is 0.469. The Hall–Kier alpha value is -1.48. The predicted octanol–water partition coefficient (Wildman–Crippen LogP) is 4.18. The van der Waals surface area contributed by atoms with E-state index < -0.39 is 17.6 Å². The van der Waals surface area contributed by atoms with Gasteiger partial charge >= 0.3 is 0 Å². The van der Waals surface area contributed by atoms with Gasteiger partial charge in [0.05, 0.1) is 0 Å². The van der Waals surface area contributed by atoms with Gasteiger partial charge in [0.15, 0.2) is 0 Å². The van der Waals surface area contributed by atoms with Crippen LogP contribution in [-0.2, 0) is 0 Å². The highest BCUT2D eigenvalue weighted by atomic mass is 35.5. The van der Waals surface area contributed by atoms with Crippen LogP contribution in [0.15, 0.2) is 42.1 Å². The Bertz CT molecular complexity index is 575. The number of rotatable bonds is 0. The molecule has 86 valence electrons. The number of hydrogen-bond acceptors (Lipinski definition) is 1. The molecule has 2 aliphatic rings. The Labute approximate surface area is 102 Å². The van der Waals surface area contributed by atoms with Crippen molar-refractivity contribution in [3.8, 4) is 0 Å². The van der Waals surface area contributed by atoms with Crippen molar-refractivity contribution in [3.63, 3.8) is 0 Å². The molecule has 1 aromatic rings. The Balaban J connectivity index is 2.18. The largest absolute Gasteiger partial charge is 0.244 e. The topological polar surface area (TPSA) is 12.9 Å². The molecule has 0 fully saturated rings. The summed E-state index contributed by atoms with van der Waals surface area (Å²) in [6.45, 7) is 0. The number of pyridine rings is 1. The molecule has 1 heterocycles. The van der Waals surface area contributed by atoms with Gasteiger partial charge in [-0.2, -0.15) is 0 Å². The molecule has 2 aliphatic carbocycles. The van der Waals surface area contributed by atoms with Crippen molar-refractivity contribution in [2.45, 2.75) is 5.92 Å². The molecule has 2 unspecified atom stereocenters. The van der Waals surface area contributed by atoms with Crippen molar-refractivity contribution >= 4 is 17.7 Å². The monoisotopic (exact) mass is 251 g/mol. The molecule has 0 spiro atoms. The molecular formula is C13H8ClF2N. The third kappa shape index (κ3) is 1.62.